The van der Waals surface area contributed by atoms with Crippen molar-refractivity contribution in [2.45, 2.75) is 37.2 Å². The third-order valence-corrected chi connectivity index (χ3v) is 5.12. The van der Waals surface area contributed by atoms with Crippen molar-refractivity contribution in [2.75, 3.05) is 14.1 Å². The minimum Gasteiger partial charge on any atom is -0.314 e. The number of hydrogen-bond acceptors (Lipinski definition) is 4. The summed E-state index contributed by atoms with van der Waals surface area (Å²) in [6.45, 7) is 2.18. The summed E-state index contributed by atoms with van der Waals surface area (Å²) >= 11 is 0. The second-order valence-electron chi connectivity index (χ2n) is 4.41. The van der Waals surface area contributed by atoms with Gasteiger partial charge in [-0.25, -0.2) is 8.42 Å². The van der Waals surface area contributed by atoms with Crippen LogP contribution in [0.3, 0.4) is 0 Å². The molecule has 7 heteroatoms. The Hall–Kier alpha value is -0.920. The van der Waals surface area contributed by atoms with E-state index in [1.165, 1.54) is 4.31 Å². The molecule has 0 spiro atoms. The van der Waals surface area contributed by atoms with Crippen molar-refractivity contribution in [1.29, 1.82) is 0 Å². The topological polar surface area (TPSA) is 78.1 Å². The molecule has 1 aromatic heterocycles. The summed E-state index contributed by atoms with van der Waals surface area (Å²) < 4.78 is 26.3. The van der Waals surface area contributed by atoms with Crippen LogP contribution in [0.25, 0.3) is 0 Å². The van der Waals surface area contributed by atoms with Crippen molar-refractivity contribution in [1.82, 2.24) is 19.8 Å². The van der Waals surface area contributed by atoms with Gasteiger partial charge in [-0.05, 0) is 26.8 Å². The fraction of sp³-hybridized carbons (Fsp3) is 0.700. The van der Waals surface area contributed by atoms with Crippen LogP contribution in [-0.4, -0.2) is 43.1 Å². The van der Waals surface area contributed by atoms with Gasteiger partial charge in [0.2, 0.25) is 10.0 Å². The number of nitrogens with zero attached hydrogens (tertiary/aromatic N) is 2. The minimum absolute atomic E-state index is 0.164. The van der Waals surface area contributed by atoms with Crippen LogP contribution in [0.2, 0.25) is 0 Å². The molecule has 0 aliphatic heterocycles. The van der Waals surface area contributed by atoms with Crippen LogP contribution < -0.4 is 5.32 Å². The van der Waals surface area contributed by atoms with Crippen LogP contribution in [0.4, 0.5) is 0 Å². The maximum absolute atomic E-state index is 12.4. The van der Waals surface area contributed by atoms with E-state index in [1.807, 2.05) is 0 Å². The van der Waals surface area contributed by atoms with Crippen LogP contribution in [0, 0.1) is 6.92 Å². The van der Waals surface area contributed by atoms with Crippen molar-refractivity contribution < 1.29 is 8.42 Å². The highest BCUT2D eigenvalue weighted by atomic mass is 32.2. The van der Waals surface area contributed by atoms with Crippen LogP contribution in [0.1, 0.15) is 24.2 Å². The van der Waals surface area contributed by atoms with Crippen LogP contribution in [-0.2, 0) is 16.6 Å². The summed E-state index contributed by atoms with van der Waals surface area (Å²) in [5, 5.41) is 9.72. The summed E-state index contributed by atoms with van der Waals surface area (Å²) in [7, 11) is -0.00601. The number of hydrogen-bond donors (Lipinski definition) is 2. The SMILES string of the molecule is CNCc1n[nH]c(C)c1S(=O)(=O)N(C)C1CC1. The number of nitrogens with one attached hydrogen (secondary N) is 2. The lowest BCUT2D eigenvalue weighted by Crippen LogP contribution is -2.30. The number of aryl methyl sites for hydroxylation is 1. The van der Waals surface area contributed by atoms with Crippen molar-refractivity contribution in [2.24, 2.45) is 0 Å². The Balaban J connectivity index is 2.40. The molecule has 1 aliphatic carbocycles. The first-order valence-corrected chi connectivity index (χ1v) is 7.09. The lowest BCUT2D eigenvalue weighted by molar-refractivity contribution is 0.463. The highest BCUT2D eigenvalue weighted by Crippen LogP contribution is 2.32. The van der Waals surface area contributed by atoms with Gasteiger partial charge in [0.15, 0.2) is 0 Å². The first-order chi connectivity index (χ1) is 7.98. The van der Waals surface area contributed by atoms with E-state index in [-0.39, 0.29) is 6.04 Å². The van der Waals surface area contributed by atoms with Crippen molar-refractivity contribution in [3.05, 3.63) is 11.4 Å². The molecule has 0 atom stereocenters. The fourth-order valence-corrected chi connectivity index (χ4v) is 3.62. The normalized spacial score (nSPS) is 16.7. The van der Waals surface area contributed by atoms with Gasteiger partial charge in [-0.3, -0.25) is 5.10 Å². The fourth-order valence-electron chi connectivity index (χ4n) is 1.88. The van der Waals surface area contributed by atoms with E-state index in [9.17, 15) is 8.42 Å². The van der Waals surface area contributed by atoms with E-state index in [4.69, 9.17) is 0 Å². The van der Waals surface area contributed by atoms with E-state index in [2.05, 4.69) is 15.5 Å². The van der Waals surface area contributed by atoms with E-state index < -0.39 is 10.0 Å². The summed E-state index contributed by atoms with van der Waals surface area (Å²) in [4.78, 5) is 0.321. The largest absolute Gasteiger partial charge is 0.314 e. The highest BCUT2D eigenvalue weighted by molar-refractivity contribution is 7.89. The number of aromatic nitrogens is 2. The van der Waals surface area contributed by atoms with Gasteiger partial charge < -0.3 is 5.32 Å². The van der Waals surface area contributed by atoms with Crippen LogP contribution in [0.5, 0.6) is 0 Å². The van der Waals surface area contributed by atoms with Crippen LogP contribution in [0.15, 0.2) is 4.90 Å². The molecule has 0 bridgehead atoms. The molecule has 6 nitrogen and oxygen atoms in total. The Morgan fingerprint density at radius 3 is 2.71 bits per heavy atom. The third kappa shape index (κ3) is 2.22. The average Bonchev–Trinajstić information content (AvgIpc) is 3.03. The van der Waals surface area contributed by atoms with Crippen molar-refractivity contribution >= 4 is 10.0 Å². The Morgan fingerprint density at radius 2 is 2.18 bits per heavy atom. The number of aromatic amines is 1. The minimum atomic E-state index is -3.42. The monoisotopic (exact) mass is 258 g/mol. The molecule has 96 valence electrons. The average molecular weight is 258 g/mol. The Bertz CT molecular complexity index is 504. The molecular weight excluding hydrogens is 240 g/mol. The maximum Gasteiger partial charge on any atom is 0.246 e. The smallest absolute Gasteiger partial charge is 0.246 e. The van der Waals surface area contributed by atoms with Crippen molar-refractivity contribution in [3.63, 3.8) is 0 Å². The molecule has 2 rings (SSSR count). The van der Waals surface area contributed by atoms with Gasteiger partial charge in [0.1, 0.15) is 4.90 Å². The van der Waals surface area contributed by atoms with Gasteiger partial charge >= 0.3 is 0 Å². The summed E-state index contributed by atoms with van der Waals surface area (Å²) in [5.41, 5.74) is 1.15. The van der Waals surface area contributed by atoms with Gasteiger partial charge in [-0.2, -0.15) is 9.40 Å². The second-order valence-corrected chi connectivity index (χ2v) is 6.34. The van der Waals surface area contributed by atoms with Gasteiger partial charge in [-0.1, -0.05) is 0 Å². The van der Waals surface area contributed by atoms with Gasteiger partial charge in [0.05, 0.1) is 11.4 Å². The predicted molar refractivity (Wildman–Crippen MR) is 64.1 cm³/mol. The number of sulfonamides is 1. The molecule has 0 radical (unpaired) electrons. The molecule has 2 N–H and O–H groups in total. The molecular formula is C10H18N4O2S. The Labute approximate surface area is 101 Å². The highest BCUT2D eigenvalue weighted by Gasteiger charge is 2.37. The molecule has 1 aliphatic rings. The zero-order valence-corrected chi connectivity index (χ0v) is 11.1. The molecule has 1 saturated carbocycles. The third-order valence-electron chi connectivity index (χ3n) is 3.00. The van der Waals surface area contributed by atoms with Crippen LogP contribution >= 0.6 is 0 Å². The lowest BCUT2D eigenvalue weighted by atomic mass is 10.4. The molecule has 0 saturated heterocycles. The summed E-state index contributed by atoms with van der Waals surface area (Å²) in [6.07, 6.45) is 1.90. The van der Waals surface area contributed by atoms with Crippen molar-refractivity contribution in [3.8, 4) is 0 Å². The lowest BCUT2D eigenvalue weighted by Gasteiger charge is -2.16. The molecule has 17 heavy (non-hydrogen) atoms. The zero-order valence-electron chi connectivity index (χ0n) is 10.3. The summed E-state index contributed by atoms with van der Waals surface area (Å²) in [5.74, 6) is 0. The Kier molecular flexibility index (Phi) is 3.24. The van der Waals surface area contributed by atoms with E-state index in [1.54, 1.807) is 21.0 Å². The molecule has 1 heterocycles. The van der Waals surface area contributed by atoms with E-state index in [0.717, 1.165) is 12.8 Å². The Morgan fingerprint density at radius 1 is 1.53 bits per heavy atom. The quantitative estimate of drug-likeness (QED) is 0.792. The molecule has 1 fully saturated rings. The van der Waals surface area contributed by atoms with E-state index >= 15 is 0 Å². The molecule has 1 aromatic rings. The summed E-state index contributed by atoms with van der Waals surface area (Å²) in [6, 6.07) is 0.164. The zero-order chi connectivity index (χ0) is 12.6. The molecule has 0 unspecified atom stereocenters. The van der Waals surface area contributed by atoms with Gasteiger partial charge in [-0.15, -0.1) is 0 Å². The predicted octanol–water partition coefficient (Wildman–Crippen LogP) is 0.220. The first kappa shape index (κ1) is 12.5. The molecule has 0 amide bonds. The first-order valence-electron chi connectivity index (χ1n) is 5.65. The number of H-pyrrole nitrogens is 1. The molecule has 0 aromatic carbocycles. The standard InChI is InChI=1S/C10H18N4O2S/c1-7-10(9(6-11-2)13-12-7)17(15,16)14(3)8-4-5-8/h8,11H,4-6H2,1-3H3,(H,12,13). The van der Waals surface area contributed by atoms with E-state index in [0.29, 0.717) is 22.8 Å². The maximum atomic E-state index is 12.4. The second kappa shape index (κ2) is 4.40. The van der Waals surface area contributed by atoms with Gasteiger partial charge in [0.25, 0.3) is 0 Å². The number of rotatable bonds is 5. The van der Waals surface area contributed by atoms with Gasteiger partial charge in [0, 0.05) is 19.6 Å².